The minimum Gasteiger partial charge on any atom is -0.385 e. The van der Waals surface area contributed by atoms with Crippen LogP contribution >= 0.6 is 0 Å². The highest BCUT2D eigenvalue weighted by Crippen LogP contribution is 1.86. The van der Waals surface area contributed by atoms with Gasteiger partial charge in [0.25, 0.3) is 5.96 Å². The summed E-state index contributed by atoms with van der Waals surface area (Å²) >= 11 is 0. The molecule has 0 atom stereocenters. The fourth-order valence-corrected chi connectivity index (χ4v) is 0.834. The number of nitro groups is 1. The fourth-order valence-electron chi connectivity index (χ4n) is 0.834. The Labute approximate surface area is 82.7 Å². The summed E-state index contributed by atoms with van der Waals surface area (Å²) in [6, 6.07) is 0. The Bertz CT molecular complexity index is 195. The number of guanidine groups is 1. The monoisotopic (exact) mass is 204 g/mol. The van der Waals surface area contributed by atoms with Gasteiger partial charge in [-0.25, -0.2) is 10.1 Å². The lowest BCUT2D eigenvalue weighted by molar-refractivity contribution is -0.485. The molecule has 0 saturated carbocycles. The molecule has 0 saturated heterocycles. The molecule has 0 aliphatic carbocycles. The van der Waals surface area contributed by atoms with Gasteiger partial charge in [0.15, 0.2) is 5.03 Å². The first-order valence-electron chi connectivity index (χ1n) is 4.34. The molecular formula is C7H16N4O3. The van der Waals surface area contributed by atoms with Crippen molar-refractivity contribution in [1.82, 2.24) is 10.6 Å². The van der Waals surface area contributed by atoms with E-state index in [-0.39, 0.29) is 5.96 Å². The molecule has 0 rings (SSSR count). The first-order valence-corrected chi connectivity index (χ1v) is 4.34. The molecule has 0 spiro atoms. The van der Waals surface area contributed by atoms with Crippen LogP contribution in [0.2, 0.25) is 0 Å². The van der Waals surface area contributed by atoms with Crippen molar-refractivity contribution in [2.45, 2.75) is 12.8 Å². The van der Waals surface area contributed by atoms with E-state index in [0.29, 0.717) is 13.2 Å². The average Bonchev–Trinajstić information content (AvgIpc) is 2.15. The Morgan fingerprint density at radius 1 is 1.57 bits per heavy atom. The van der Waals surface area contributed by atoms with Crippen LogP contribution in [0.15, 0.2) is 5.10 Å². The molecule has 0 amide bonds. The van der Waals surface area contributed by atoms with Gasteiger partial charge in [0.1, 0.15) is 5.10 Å². The molecule has 0 heterocycles. The van der Waals surface area contributed by atoms with Crippen molar-refractivity contribution < 1.29 is 9.77 Å². The zero-order valence-corrected chi connectivity index (χ0v) is 8.45. The van der Waals surface area contributed by atoms with Crippen molar-refractivity contribution >= 4 is 5.96 Å². The first-order chi connectivity index (χ1) is 6.70. The molecule has 0 aliphatic heterocycles. The summed E-state index contributed by atoms with van der Waals surface area (Å²) in [5, 5.41) is 17.8. The molecule has 7 heteroatoms. The van der Waals surface area contributed by atoms with Gasteiger partial charge >= 0.3 is 0 Å². The SMILES string of the molecule is CNC(=N[N+](=O)[O-])NCCCCOC. The van der Waals surface area contributed by atoms with Gasteiger partial charge in [0, 0.05) is 27.3 Å². The third-order valence-corrected chi connectivity index (χ3v) is 1.49. The average molecular weight is 204 g/mol. The summed E-state index contributed by atoms with van der Waals surface area (Å²) in [6.07, 6.45) is 1.80. The molecule has 7 nitrogen and oxygen atoms in total. The number of nitrogens with one attached hydrogen (secondary N) is 2. The van der Waals surface area contributed by atoms with Crippen molar-refractivity contribution in [3.8, 4) is 0 Å². The maximum Gasteiger partial charge on any atom is 0.268 e. The van der Waals surface area contributed by atoms with E-state index in [4.69, 9.17) is 4.74 Å². The Morgan fingerprint density at radius 2 is 2.29 bits per heavy atom. The topological polar surface area (TPSA) is 88.8 Å². The molecule has 0 aromatic carbocycles. The van der Waals surface area contributed by atoms with Gasteiger partial charge in [-0.15, -0.1) is 0 Å². The predicted octanol–water partition coefficient (Wildman–Crippen LogP) is -0.230. The van der Waals surface area contributed by atoms with Crippen LogP contribution in [0.25, 0.3) is 0 Å². The Hall–Kier alpha value is -1.37. The highest BCUT2D eigenvalue weighted by atomic mass is 16.7. The number of hydrogen-bond donors (Lipinski definition) is 2. The van der Waals surface area contributed by atoms with Crippen LogP contribution in [-0.2, 0) is 4.74 Å². The van der Waals surface area contributed by atoms with Crippen molar-refractivity contribution in [3.05, 3.63) is 10.1 Å². The molecule has 14 heavy (non-hydrogen) atoms. The number of unbranched alkanes of at least 4 members (excludes halogenated alkanes) is 1. The second-order valence-corrected chi connectivity index (χ2v) is 2.56. The minimum absolute atomic E-state index is 0.174. The highest BCUT2D eigenvalue weighted by Gasteiger charge is 2.00. The van der Waals surface area contributed by atoms with Gasteiger partial charge in [-0.1, -0.05) is 0 Å². The van der Waals surface area contributed by atoms with E-state index in [0.717, 1.165) is 12.8 Å². The first kappa shape index (κ1) is 12.6. The molecule has 0 unspecified atom stereocenters. The summed E-state index contributed by atoms with van der Waals surface area (Å²) in [6.45, 7) is 1.33. The number of nitrogens with zero attached hydrogens (tertiary/aromatic N) is 2. The minimum atomic E-state index is -0.742. The predicted molar refractivity (Wildman–Crippen MR) is 52.6 cm³/mol. The Balaban J connectivity index is 3.58. The van der Waals surface area contributed by atoms with Crippen LogP contribution in [-0.4, -0.2) is 38.3 Å². The second kappa shape index (κ2) is 8.24. The maximum absolute atomic E-state index is 10.0. The smallest absolute Gasteiger partial charge is 0.268 e. The third kappa shape index (κ3) is 7.29. The van der Waals surface area contributed by atoms with Crippen molar-refractivity contribution in [2.75, 3.05) is 27.3 Å². The third-order valence-electron chi connectivity index (χ3n) is 1.49. The lowest BCUT2D eigenvalue weighted by Crippen LogP contribution is -2.36. The molecule has 0 aliphatic rings. The quantitative estimate of drug-likeness (QED) is 0.205. The van der Waals surface area contributed by atoms with Gasteiger partial charge in [0.05, 0.1) is 0 Å². The Morgan fingerprint density at radius 3 is 2.79 bits per heavy atom. The molecule has 0 fully saturated rings. The van der Waals surface area contributed by atoms with Crippen LogP contribution in [0.5, 0.6) is 0 Å². The van der Waals surface area contributed by atoms with Gasteiger partial charge in [-0.2, -0.15) is 0 Å². The molecular weight excluding hydrogens is 188 g/mol. The number of methoxy groups -OCH3 is 1. The van der Waals surface area contributed by atoms with E-state index < -0.39 is 5.03 Å². The van der Waals surface area contributed by atoms with Crippen LogP contribution < -0.4 is 10.6 Å². The summed E-state index contributed by atoms with van der Waals surface area (Å²) in [5.41, 5.74) is 0. The molecule has 82 valence electrons. The van der Waals surface area contributed by atoms with Gasteiger partial charge in [0.2, 0.25) is 0 Å². The molecule has 0 aromatic heterocycles. The molecule has 2 N–H and O–H groups in total. The van der Waals surface area contributed by atoms with Gasteiger partial charge in [-0.05, 0) is 12.8 Å². The molecule has 0 bridgehead atoms. The van der Waals surface area contributed by atoms with E-state index in [9.17, 15) is 10.1 Å². The molecule has 0 radical (unpaired) electrons. The van der Waals surface area contributed by atoms with E-state index in [1.807, 2.05) is 0 Å². The van der Waals surface area contributed by atoms with E-state index in [2.05, 4.69) is 15.7 Å². The lowest BCUT2D eigenvalue weighted by atomic mass is 10.3. The summed E-state index contributed by atoms with van der Waals surface area (Å²) in [7, 11) is 3.21. The van der Waals surface area contributed by atoms with Crippen LogP contribution in [0.1, 0.15) is 12.8 Å². The van der Waals surface area contributed by atoms with E-state index in [1.54, 1.807) is 14.2 Å². The van der Waals surface area contributed by atoms with Crippen molar-refractivity contribution in [2.24, 2.45) is 5.10 Å². The van der Waals surface area contributed by atoms with Crippen LogP contribution in [0.3, 0.4) is 0 Å². The standard InChI is InChI=1S/C7H16N4O3/c1-8-7(10-11(12)13)9-5-3-4-6-14-2/h3-6H2,1-2H3,(H2,8,9,10). The fraction of sp³-hybridized carbons (Fsp3) is 0.857. The van der Waals surface area contributed by atoms with Crippen LogP contribution in [0.4, 0.5) is 0 Å². The van der Waals surface area contributed by atoms with E-state index >= 15 is 0 Å². The number of hydrogen-bond acceptors (Lipinski definition) is 3. The molecule has 0 aromatic rings. The van der Waals surface area contributed by atoms with Crippen molar-refractivity contribution in [1.29, 1.82) is 0 Å². The van der Waals surface area contributed by atoms with Gasteiger partial charge in [-0.3, -0.25) is 0 Å². The van der Waals surface area contributed by atoms with E-state index in [1.165, 1.54) is 0 Å². The zero-order chi connectivity index (χ0) is 10.8. The summed E-state index contributed by atoms with van der Waals surface area (Å²) in [5.74, 6) is 0.174. The summed E-state index contributed by atoms with van der Waals surface area (Å²) < 4.78 is 4.86. The summed E-state index contributed by atoms with van der Waals surface area (Å²) in [4.78, 5) is 10.0. The maximum atomic E-state index is 10.0. The number of hydrazone groups is 1. The zero-order valence-electron chi connectivity index (χ0n) is 8.45. The second-order valence-electron chi connectivity index (χ2n) is 2.56. The van der Waals surface area contributed by atoms with Crippen LogP contribution in [0, 0.1) is 10.1 Å². The lowest BCUT2D eigenvalue weighted by Gasteiger charge is -2.05. The number of ether oxygens (including phenoxy) is 1. The Kier molecular flexibility index (Phi) is 7.43. The largest absolute Gasteiger partial charge is 0.385 e. The highest BCUT2D eigenvalue weighted by molar-refractivity contribution is 5.78. The number of rotatable bonds is 6. The van der Waals surface area contributed by atoms with Gasteiger partial charge < -0.3 is 15.4 Å². The van der Waals surface area contributed by atoms with Crippen molar-refractivity contribution in [3.63, 3.8) is 0 Å². The normalized spacial score (nSPS) is 11.1.